The van der Waals surface area contributed by atoms with Crippen LogP contribution < -0.4 is 15.6 Å². The third-order valence-corrected chi connectivity index (χ3v) is 8.15. The Morgan fingerprint density at radius 1 is 1.30 bits per heavy atom. The van der Waals surface area contributed by atoms with Gasteiger partial charge < -0.3 is 15.1 Å². The Kier molecular flexibility index (Phi) is 7.11. The fourth-order valence-electron chi connectivity index (χ4n) is 3.44. The van der Waals surface area contributed by atoms with Crippen molar-refractivity contribution < 1.29 is 5.11 Å². The molecule has 0 atom stereocenters. The van der Waals surface area contributed by atoms with Crippen molar-refractivity contribution in [1.29, 1.82) is 0 Å². The van der Waals surface area contributed by atoms with Gasteiger partial charge in [-0.25, -0.2) is 4.68 Å². The number of thioether (sulfide) groups is 1. The maximum atomic E-state index is 13.5. The third kappa shape index (κ3) is 5.10. The maximum Gasteiger partial charge on any atom is 0.279 e. The molecule has 0 aliphatic carbocycles. The van der Waals surface area contributed by atoms with Crippen molar-refractivity contribution in [2.75, 3.05) is 16.3 Å². The lowest BCUT2D eigenvalue weighted by molar-refractivity contribution is 0.291. The van der Waals surface area contributed by atoms with Crippen LogP contribution in [0.3, 0.4) is 0 Å². The second kappa shape index (κ2) is 9.87. The molecule has 33 heavy (non-hydrogen) atoms. The lowest BCUT2D eigenvalue weighted by Crippen LogP contribution is -2.29. The van der Waals surface area contributed by atoms with Crippen LogP contribution in [0.25, 0.3) is 16.3 Å². The number of aromatic nitrogens is 2. The average molecular weight is 501 g/mol. The summed E-state index contributed by atoms with van der Waals surface area (Å²) in [5.74, 6) is -0.0862. The Labute approximate surface area is 206 Å². The van der Waals surface area contributed by atoms with E-state index in [0.29, 0.717) is 17.9 Å². The van der Waals surface area contributed by atoms with E-state index in [9.17, 15) is 9.90 Å². The van der Waals surface area contributed by atoms with Crippen molar-refractivity contribution in [3.05, 3.63) is 57.0 Å². The van der Waals surface area contributed by atoms with Gasteiger partial charge in [-0.15, -0.1) is 11.3 Å². The summed E-state index contributed by atoms with van der Waals surface area (Å²) in [6, 6.07) is 9.86. The van der Waals surface area contributed by atoms with Gasteiger partial charge in [0.1, 0.15) is 11.3 Å². The second-order valence-electron chi connectivity index (χ2n) is 8.64. The van der Waals surface area contributed by atoms with Crippen molar-refractivity contribution in [1.82, 2.24) is 9.78 Å². The summed E-state index contributed by atoms with van der Waals surface area (Å²) in [5, 5.41) is 22.9. The van der Waals surface area contributed by atoms with Gasteiger partial charge in [0.25, 0.3) is 5.56 Å². The highest BCUT2D eigenvalue weighted by Crippen LogP contribution is 2.42. The van der Waals surface area contributed by atoms with Crippen LogP contribution in [-0.4, -0.2) is 21.1 Å². The molecule has 3 N–H and O–H groups in total. The van der Waals surface area contributed by atoms with Gasteiger partial charge in [-0.3, -0.25) is 4.79 Å². The first-order valence-electron chi connectivity index (χ1n) is 10.8. The Morgan fingerprint density at radius 2 is 2.12 bits per heavy atom. The van der Waals surface area contributed by atoms with E-state index < -0.39 is 0 Å². The van der Waals surface area contributed by atoms with Crippen molar-refractivity contribution >= 4 is 52.1 Å². The molecule has 9 heteroatoms. The van der Waals surface area contributed by atoms with E-state index in [1.165, 1.54) is 39.7 Å². The second-order valence-corrected chi connectivity index (χ2v) is 11.1. The van der Waals surface area contributed by atoms with E-state index in [4.69, 9.17) is 0 Å². The summed E-state index contributed by atoms with van der Waals surface area (Å²) in [5.41, 5.74) is 3.00. The Hall–Kier alpha value is -2.36. The first-order chi connectivity index (χ1) is 15.8. The van der Waals surface area contributed by atoms with Gasteiger partial charge in [-0.2, -0.15) is 5.10 Å². The smallest absolute Gasteiger partial charge is 0.279 e. The molecule has 6 nitrogen and oxygen atoms in total. The van der Waals surface area contributed by atoms with E-state index in [-0.39, 0.29) is 22.3 Å². The molecule has 2 aromatic heterocycles. The molecular formula is C24H28N4O2S3. The molecular weight excluding hydrogens is 472 g/mol. The molecule has 0 radical (unpaired) electrons. The van der Waals surface area contributed by atoms with Gasteiger partial charge in [-0.05, 0) is 41.5 Å². The zero-order valence-electron chi connectivity index (χ0n) is 19.1. The number of anilines is 2. The van der Waals surface area contributed by atoms with Crippen LogP contribution in [0.15, 0.2) is 50.8 Å². The Bertz CT molecular complexity index is 1230. The van der Waals surface area contributed by atoms with Crippen molar-refractivity contribution in [2.45, 2.75) is 45.1 Å². The fraction of sp³-hybridized carbons (Fsp3) is 0.333. The summed E-state index contributed by atoms with van der Waals surface area (Å²) in [4.78, 5) is 15.4. The average Bonchev–Trinajstić information content (AvgIpc) is 3.33. The normalized spacial score (nSPS) is 13.3. The van der Waals surface area contributed by atoms with Gasteiger partial charge in [-0.1, -0.05) is 57.0 Å². The highest BCUT2D eigenvalue weighted by Gasteiger charge is 2.25. The van der Waals surface area contributed by atoms with Gasteiger partial charge >= 0.3 is 0 Å². The van der Waals surface area contributed by atoms with E-state index >= 15 is 0 Å². The van der Waals surface area contributed by atoms with Crippen LogP contribution in [0.2, 0.25) is 0 Å². The first kappa shape index (κ1) is 23.8. The predicted molar refractivity (Wildman–Crippen MR) is 143 cm³/mol. The minimum Gasteiger partial charge on any atom is -0.505 e. The Balaban J connectivity index is 1.76. The third-order valence-electron chi connectivity index (χ3n) is 5.89. The summed E-state index contributed by atoms with van der Waals surface area (Å²) >= 11 is 4.56. The number of thiophene rings is 1. The molecule has 0 fully saturated rings. The lowest BCUT2D eigenvalue weighted by Gasteiger charge is -2.24. The van der Waals surface area contributed by atoms with Gasteiger partial charge in [0.15, 0.2) is 5.75 Å². The molecule has 0 bridgehead atoms. The lowest BCUT2D eigenvalue weighted by atomic mass is 9.86. The zero-order chi connectivity index (χ0) is 23.6. The molecule has 3 aromatic rings. The number of nitrogens with one attached hydrogen (secondary N) is 2. The summed E-state index contributed by atoms with van der Waals surface area (Å²) in [7, 11) is 0. The SMILES string of the molecule is CCC(C)(C)CCn1nc(-c2cccs2)c(O)c(C2=CSc3cc(NSC)ccc3N2)c1=O. The van der Waals surface area contributed by atoms with E-state index in [1.54, 1.807) is 0 Å². The van der Waals surface area contributed by atoms with Gasteiger partial charge in [0.05, 0.1) is 16.3 Å². The van der Waals surface area contributed by atoms with Gasteiger partial charge in [0, 0.05) is 28.8 Å². The molecule has 174 valence electrons. The number of fused-ring (bicyclic) bond motifs is 1. The number of benzene rings is 1. The number of hydrogen-bond donors (Lipinski definition) is 3. The fourth-order valence-corrected chi connectivity index (χ4v) is 5.38. The van der Waals surface area contributed by atoms with Gasteiger partial charge in [0.2, 0.25) is 0 Å². The molecule has 1 aromatic carbocycles. The minimum absolute atomic E-state index is 0.0862. The van der Waals surface area contributed by atoms with Crippen molar-refractivity contribution in [3.8, 4) is 16.3 Å². The molecule has 0 spiro atoms. The van der Waals surface area contributed by atoms with E-state index in [1.807, 2.05) is 41.3 Å². The summed E-state index contributed by atoms with van der Waals surface area (Å²) < 4.78 is 4.74. The molecule has 0 unspecified atom stereocenters. The van der Waals surface area contributed by atoms with Crippen LogP contribution in [0.4, 0.5) is 11.4 Å². The number of hydrogen-bond acceptors (Lipinski definition) is 8. The molecule has 1 aliphatic rings. The topological polar surface area (TPSA) is 79.2 Å². The molecule has 4 rings (SSSR count). The number of rotatable bonds is 8. The summed E-state index contributed by atoms with van der Waals surface area (Å²) in [6.45, 7) is 7.03. The van der Waals surface area contributed by atoms with E-state index in [0.717, 1.165) is 34.0 Å². The molecule has 0 amide bonds. The van der Waals surface area contributed by atoms with E-state index in [2.05, 4.69) is 42.0 Å². The van der Waals surface area contributed by atoms with Crippen LogP contribution in [0, 0.1) is 5.41 Å². The van der Waals surface area contributed by atoms with Crippen molar-refractivity contribution in [2.24, 2.45) is 5.41 Å². The molecule has 3 heterocycles. The number of aromatic hydroxyl groups is 1. The molecule has 0 saturated heterocycles. The van der Waals surface area contributed by atoms with Crippen LogP contribution in [0.1, 0.15) is 39.2 Å². The molecule has 0 saturated carbocycles. The first-order valence-corrected chi connectivity index (χ1v) is 13.8. The quantitative estimate of drug-likeness (QED) is 0.297. The monoisotopic (exact) mass is 500 g/mol. The minimum atomic E-state index is -0.289. The zero-order valence-corrected chi connectivity index (χ0v) is 21.6. The highest BCUT2D eigenvalue weighted by molar-refractivity contribution is 8.02. The van der Waals surface area contributed by atoms with Crippen LogP contribution in [0.5, 0.6) is 5.75 Å². The Morgan fingerprint density at radius 3 is 2.82 bits per heavy atom. The van der Waals surface area contributed by atoms with Crippen LogP contribution >= 0.6 is 35.0 Å². The maximum absolute atomic E-state index is 13.5. The highest BCUT2D eigenvalue weighted by atomic mass is 32.2. The van der Waals surface area contributed by atoms with Crippen LogP contribution in [-0.2, 0) is 6.54 Å². The molecule has 1 aliphatic heterocycles. The number of nitrogens with zero attached hydrogens (tertiary/aromatic N) is 2. The standard InChI is InChI=1S/C24H28N4O2S3/c1-5-24(2,3)10-11-28-23(30)20(22(29)21(26-28)18-7-6-12-32-18)17-14-33-19-13-15(27-31-4)8-9-16(19)25-17/h6-9,12-14,25,27,29H,5,10-11H2,1-4H3. The van der Waals surface area contributed by atoms with Crippen molar-refractivity contribution in [3.63, 3.8) is 0 Å². The number of aryl methyl sites for hydroxylation is 1. The summed E-state index contributed by atoms with van der Waals surface area (Å²) in [6.07, 6.45) is 3.81. The predicted octanol–water partition coefficient (Wildman–Crippen LogP) is 6.71. The largest absolute Gasteiger partial charge is 0.505 e.